The Hall–Kier alpha value is -1.09. The highest BCUT2D eigenvalue weighted by atomic mass is 19.1. The second kappa shape index (κ2) is 5.70. The molecule has 0 unspecified atom stereocenters. The second-order valence-corrected chi connectivity index (χ2v) is 5.17. The fraction of sp³-hybridized carbons (Fsp3) is 0.600. The van der Waals surface area contributed by atoms with Crippen molar-refractivity contribution < 1.29 is 4.39 Å². The van der Waals surface area contributed by atoms with Gasteiger partial charge in [-0.3, -0.25) is 0 Å². The van der Waals surface area contributed by atoms with E-state index in [1.807, 2.05) is 12.1 Å². The van der Waals surface area contributed by atoms with Crippen LogP contribution in [0.5, 0.6) is 0 Å². The molecule has 0 aromatic heterocycles. The molecule has 100 valence electrons. The Morgan fingerprint density at radius 1 is 1.22 bits per heavy atom. The molecular formula is C15H23FN2. The Morgan fingerprint density at radius 2 is 1.89 bits per heavy atom. The monoisotopic (exact) mass is 250 g/mol. The molecule has 1 saturated heterocycles. The Balaban J connectivity index is 2.19. The second-order valence-electron chi connectivity index (χ2n) is 5.17. The third-order valence-corrected chi connectivity index (χ3v) is 4.14. The zero-order valence-corrected chi connectivity index (χ0v) is 11.4. The Labute approximate surface area is 109 Å². The van der Waals surface area contributed by atoms with Crippen molar-refractivity contribution in [1.29, 1.82) is 0 Å². The molecule has 1 heterocycles. The minimum Gasteiger partial charge on any atom is -0.370 e. The van der Waals surface area contributed by atoms with Crippen molar-refractivity contribution in [1.82, 2.24) is 5.32 Å². The quantitative estimate of drug-likeness (QED) is 0.886. The van der Waals surface area contributed by atoms with E-state index in [1.165, 1.54) is 0 Å². The van der Waals surface area contributed by atoms with E-state index >= 15 is 0 Å². The van der Waals surface area contributed by atoms with Crippen molar-refractivity contribution in [3.8, 4) is 0 Å². The number of nitrogens with one attached hydrogen (secondary N) is 1. The molecule has 1 aromatic carbocycles. The maximum Gasteiger partial charge on any atom is 0.123 e. The number of anilines is 1. The average molecular weight is 250 g/mol. The SMILES string of the molecule is CCC1(CC)CN(c2ccc(F)cc2)CCCN1. The van der Waals surface area contributed by atoms with Crippen LogP contribution in [0.2, 0.25) is 0 Å². The van der Waals surface area contributed by atoms with Gasteiger partial charge in [-0.05, 0) is 50.1 Å². The molecule has 0 saturated carbocycles. The van der Waals surface area contributed by atoms with Gasteiger partial charge in [-0.25, -0.2) is 4.39 Å². The van der Waals surface area contributed by atoms with Gasteiger partial charge in [-0.2, -0.15) is 0 Å². The highest BCUT2D eigenvalue weighted by Gasteiger charge is 2.30. The predicted octanol–water partition coefficient (Wildman–Crippen LogP) is 3.18. The van der Waals surface area contributed by atoms with Crippen LogP contribution >= 0.6 is 0 Å². The molecule has 2 rings (SSSR count). The van der Waals surface area contributed by atoms with E-state index in [0.29, 0.717) is 0 Å². The molecule has 1 N–H and O–H groups in total. The summed E-state index contributed by atoms with van der Waals surface area (Å²) < 4.78 is 13.0. The molecule has 0 amide bonds. The molecule has 1 aromatic rings. The van der Waals surface area contributed by atoms with Crippen LogP contribution < -0.4 is 10.2 Å². The smallest absolute Gasteiger partial charge is 0.123 e. The van der Waals surface area contributed by atoms with E-state index in [-0.39, 0.29) is 11.4 Å². The van der Waals surface area contributed by atoms with E-state index in [4.69, 9.17) is 0 Å². The van der Waals surface area contributed by atoms with Gasteiger partial charge in [-0.15, -0.1) is 0 Å². The van der Waals surface area contributed by atoms with Crippen LogP contribution in [-0.2, 0) is 0 Å². The lowest BCUT2D eigenvalue weighted by Gasteiger charge is -2.36. The van der Waals surface area contributed by atoms with Crippen LogP contribution in [0.3, 0.4) is 0 Å². The first-order valence-electron chi connectivity index (χ1n) is 6.94. The molecule has 0 atom stereocenters. The van der Waals surface area contributed by atoms with Gasteiger partial charge in [0.25, 0.3) is 0 Å². The Kier molecular flexibility index (Phi) is 4.23. The maximum atomic E-state index is 13.0. The van der Waals surface area contributed by atoms with Crippen LogP contribution in [0.25, 0.3) is 0 Å². The molecule has 18 heavy (non-hydrogen) atoms. The van der Waals surface area contributed by atoms with E-state index < -0.39 is 0 Å². The number of rotatable bonds is 3. The molecule has 1 aliphatic heterocycles. The first-order valence-corrected chi connectivity index (χ1v) is 6.94. The van der Waals surface area contributed by atoms with Crippen LogP contribution in [0.4, 0.5) is 10.1 Å². The minimum atomic E-state index is -0.163. The summed E-state index contributed by atoms with van der Waals surface area (Å²) in [7, 11) is 0. The van der Waals surface area contributed by atoms with Crippen molar-refractivity contribution >= 4 is 5.69 Å². The highest BCUT2D eigenvalue weighted by Crippen LogP contribution is 2.24. The molecule has 0 aliphatic carbocycles. The molecule has 0 bridgehead atoms. The van der Waals surface area contributed by atoms with Gasteiger partial charge in [0.2, 0.25) is 0 Å². The molecule has 0 spiro atoms. The van der Waals surface area contributed by atoms with Crippen LogP contribution in [0.15, 0.2) is 24.3 Å². The molecule has 2 nitrogen and oxygen atoms in total. The van der Waals surface area contributed by atoms with Crippen molar-refractivity contribution in [2.24, 2.45) is 0 Å². The summed E-state index contributed by atoms with van der Waals surface area (Å²) in [4.78, 5) is 2.38. The first-order chi connectivity index (χ1) is 8.69. The van der Waals surface area contributed by atoms with Gasteiger partial charge in [0.05, 0.1) is 0 Å². The fourth-order valence-electron chi connectivity index (χ4n) is 2.72. The minimum absolute atomic E-state index is 0.163. The number of hydrogen-bond donors (Lipinski definition) is 1. The molecular weight excluding hydrogens is 227 g/mol. The van der Waals surface area contributed by atoms with Gasteiger partial charge in [0, 0.05) is 24.3 Å². The summed E-state index contributed by atoms with van der Waals surface area (Å²) in [6, 6.07) is 6.87. The summed E-state index contributed by atoms with van der Waals surface area (Å²) in [6.45, 7) is 7.60. The van der Waals surface area contributed by atoms with Crippen molar-refractivity contribution in [3.05, 3.63) is 30.1 Å². The van der Waals surface area contributed by atoms with Crippen LogP contribution in [-0.4, -0.2) is 25.2 Å². The summed E-state index contributed by atoms with van der Waals surface area (Å²) >= 11 is 0. The average Bonchev–Trinajstić information content (AvgIpc) is 2.63. The Morgan fingerprint density at radius 3 is 2.50 bits per heavy atom. The third kappa shape index (κ3) is 2.83. The van der Waals surface area contributed by atoms with E-state index in [1.54, 1.807) is 12.1 Å². The fourth-order valence-corrected chi connectivity index (χ4v) is 2.72. The number of benzene rings is 1. The van der Waals surface area contributed by atoms with Gasteiger partial charge < -0.3 is 10.2 Å². The van der Waals surface area contributed by atoms with Crippen molar-refractivity contribution in [2.75, 3.05) is 24.5 Å². The molecule has 0 radical (unpaired) electrons. The van der Waals surface area contributed by atoms with Gasteiger partial charge in [-0.1, -0.05) is 13.8 Å². The van der Waals surface area contributed by atoms with Gasteiger partial charge in [0.1, 0.15) is 5.82 Å². The van der Waals surface area contributed by atoms with E-state index in [2.05, 4.69) is 24.1 Å². The van der Waals surface area contributed by atoms with Crippen LogP contribution in [0, 0.1) is 5.82 Å². The maximum absolute atomic E-state index is 13.0. The summed E-state index contributed by atoms with van der Waals surface area (Å²) in [5.74, 6) is -0.163. The van der Waals surface area contributed by atoms with E-state index in [9.17, 15) is 4.39 Å². The van der Waals surface area contributed by atoms with Crippen molar-refractivity contribution in [3.63, 3.8) is 0 Å². The number of nitrogens with zero attached hydrogens (tertiary/aromatic N) is 1. The van der Waals surface area contributed by atoms with E-state index in [0.717, 1.165) is 44.6 Å². The zero-order chi connectivity index (χ0) is 13.0. The van der Waals surface area contributed by atoms with Gasteiger partial charge >= 0.3 is 0 Å². The number of hydrogen-bond acceptors (Lipinski definition) is 2. The lowest BCUT2D eigenvalue weighted by atomic mass is 9.92. The standard InChI is InChI=1S/C15H23FN2/c1-3-15(4-2)12-18(11-5-10-17-15)14-8-6-13(16)7-9-14/h6-9,17H,3-5,10-12H2,1-2H3. The number of halogens is 1. The first kappa shape index (κ1) is 13.3. The Bertz CT molecular complexity index is 371. The molecule has 3 heteroatoms. The van der Waals surface area contributed by atoms with Gasteiger partial charge in [0.15, 0.2) is 0 Å². The largest absolute Gasteiger partial charge is 0.370 e. The molecule has 1 aliphatic rings. The normalized spacial score (nSPS) is 19.6. The highest BCUT2D eigenvalue weighted by molar-refractivity contribution is 5.47. The summed E-state index contributed by atoms with van der Waals surface area (Å²) in [6.07, 6.45) is 3.39. The topological polar surface area (TPSA) is 15.3 Å². The molecule has 1 fully saturated rings. The summed E-state index contributed by atoms with van der Waals surface area (Å²) in [5, 5.41) is 3.69. The third-order valence-electron chi connectivity index (χ3n) is 4.14. The zero-order valence-electron chi connectivity index (χ0n) is 11.4. The lowest BCUT2D eigenvalue weighted by Crippen LogP contribution is -2.50. The predicted molar refractivity (Wildman–Crippen MR) is 74.5 cm³/mol. The summed E-state index contributed by atoms with van der Waals surface area (Å²) in [5.41, 5.74) is 1.33. The lowest BCUT2D eigenvalue weighted by molar-refractivity contribution is 0.321. The van der Waals surface area contributed by atoms with Crippen molar-refractivity contribution in [2.45, 2.75) is 38.6 Å². The van der Waals surface area contributed by atoms with Crippen LogP contribution in [0.1, 0.15) is 33.1 Å².